The van der Waals surface area contributed by atoms with Crippen LogP contribution in [0.3, 0.4) is 0 Å². The minimum absolute atomic E-state index is 0. The molecular weight excluding hydrogens is 400 g/mol. The Bertz CT molecular complexity index is 1020. The van der Waals surface area contributed by atoms with Crippen molar-refractivity contribution in [2.75, 3.05) is 31.1 Å². The Kier molecular flexibility index (Phi) is 5.93. The molecule has 9 heteroatoms. The first kappa shape index (κ1) is 20.2. The summed E-state index contributed by atoms with van der Waals surface area (Å²) in [6.45, 7) is 1.97. The Morgan fingerprint density at radius 2 is 1.68 bits per heavy atom. The highest BCUT2D eigenvalue weighted by Crippen LogP contribution is 2.25. The number of anilines is 1. The van der Waals surface area contributed by atoms with Gasteiger partial charge in [-0.1, -0.05) is 18.2 Å². The van der Waals surface area contributed by atoms with Gasteiger partial charge in [-0.25, -0.2) is 8.42 Å². The lowest BCUT2D eigenvalue weighted by Gasteiger charge is -2.35. The number of aromatic nitrogens is 2. The van der Waals surface area contributed by atoms with E-state index in [1.54, 1.807) is 54.9 Å². The van der Waals surface area contributed by atoms with Gasteiger partial charge in [0.25, 0.3) is 0 Å². The summed E-state index contributed by atoms with van der Waals surface area (Å²) >= 11 is 0. The van der Waals surface area contributed by atoms with E-state index in [0.29, 0.717) is 31.1 Å². The molecule has 0 bridgehead atoms. The van der Waals surface area contributed by atoms with Gasteiger partial charge in [0.05, 0.1) is 11.1 Å². The van der Waals surface area contributed by atoms with E-state index in [0.717, 1.165) is 16.8 Å². The number of hydrogen-bond donors (Lipinski definition) is 2. The number of piperazine rings is 1. The standard InChI is InChI=1S/C19H20N4O3S.ClH/c24-18-3-1-2-17(12-18)22-8-10-23(11-9-22)27(25,26)19-6-4-15(5-7-19)16-13-20-21-14-16;/h1-7,12-14,24H,8-11H2,(H,20,21);1H. The third kappa shape index (κ3) is 3.99. The van der Waals surface area contributed by atoms with Gasteiger partial charge in [0.1, 0.15) is 5.75 Å². The molecule has 2 heterocycles. The van der Waals surface area contributed by atoms with Crippen molar-refractivity contribution in [3.8, 4) is 16.9 Å². The topological polar surface area (TPSA) is 89.5 Å². The largest absolute Gasteiger partial charge is 0.508 e. The molecule has 0 saturated carbocycles. The van der Waals surface area contributed by atoms with Crippen molar-refractivity contribution >= 4 is 28.1 Å². The van der Waals surface area contributed by atoms with E-state index in [4.69, 9.17) is 0 Å². The number of halogens is 1. The van der Waals surface area contributed by atoms with Crippen molar-refractivity contribution in [3.63, 3.8) is 0 Å². The van der Waals surface area contributed by atoms with Crippen molar-refractivity contribution in [1.29, 1.82) is 0 Å². The quantitative estimate of drug-likeness (QED) is 0.677. The summed E-state index contributed by atoms with van der Waals surface area (Å²) in [5.41, 5.74) is 2.73. The van der Waals surface area contributed by atoms with Crippen LogP contribution < -0.4 is 4.90 Å². The summed E-state index contributed by atoms with van der Waals surface area (Å²) in [5, 5.41) is 16.3. The van der Waals surface area contributed by atoms with E-state index >= 15 is 0 Å². The smallest absolute Gasteiger partial charge is 0.243 e. The Morgan fingerprint density at radius 3 is 2.29 bits per heavy atom. The van der Waals surface area contributed by atoms with Gasteiger partial charge in [-0.3, -0.25) is 5.10 Å². The average molecular weight is 421 g/mol. The van der Waals surface area contributed by atoms with Crippen molar-refractivity contribution in [3.05, 3.63) is 60.9 Å². The van der Waals surface area contributed by atoms with Gasteiger partial charge in [0.15, 0.2) is 0 Å². The Labute approximate surface area is 170 Å². The maximum absolute atomic E-state index is 12.9. The van der Waals surface area contributed by atoms with Crippen molar-refractivity contribution in [2.45, 2.75) is 4.90 Å². The number of hydrogen-bond acceptors (Lipinski definition) is 5. The van der Waals surface area contributed by atoms with E-state index in [-0.39, 0.29) is 18.2 Å². The Morgan fingerprint density at radius 1 is 0.964 bits per heavy atom. The molecule has 0 amide bonds. The number of phenolic OH excluding ortho intramolecular Hbond substituents is 1. The van der Waals surface area contributed by atoms with Gasteiger partial charge >= 0.3 is 0 Å². The predicted molar refractivity (Wildman–Crippen MR) is 110 cm³/mol. The number of rotatable bonds is 4. The van der Waals surface area contributed by atoms with Gasteiger partial charge in [0.2, 0.25) is 10.0 Å². The summed E-state index contributed by atoms with van der Waals surface area (Å²) in [4.78, 5) is 2.37. The molecule has 2 aromatic carbocycles. The van der Waals surface area contributed by atoms with Gasteiger partial charge in [0, 0.05) is 49.7 Å². The van der Waals surface area contributed by atoms with Crippen molar-refractivity contribution < 1.29 is 13.5 Å². The van der Waals surface area contributed by atoms with Crippen LogP contribution in [0.4, 0.5) is 5.69 Å². The van der Waals surface area contributed by atoms with Gasteiger partial charge in [-0.15, -0.1) is 12.4 Å². The predicted octanol–water partition coefficient (Wildman–Crippen LogP) is 2.72. The fourth-order valence-corrected chi connectivity index (χ4v) is 4.68. The Hall–Kier alpha value is -2.55. The van der Waals surface area contributed by atoms with Gasteiger partial charge in [-0.05, 0) is 29.8 Å². The van der Waals surface area contributed by atoms with Crippen LogP contribution in [0.25, 0.3) is 11.1 Å². The molecule has 1 aromatic heterocycles. The zero-order valence-corrected chi connectivity index (χ0v) is 16.7. The summed E-state index contributed by atoms with van der Waals surface area (Å²) < 4.78 is 27.4. The van der Waals surface area contributed by atoms with E-state index in [9.17, 15) is 13.5 Å². The molecule has 1 saturated heterocycles. The first-order valence-electron chi connectivity index (χ1n) is 8.67. The monoisotopic (exact) mass is 420 g/mol. The fourth-order valence-electron chi connectivity index (χ4n) is 3.25. The third-order valence-electron chi connectivity index (χ3n) is 4.76. The summed E-state index contributed by atoms with van der Waals surface area (Å²) in [6, 6.07) is 13.9. The highest BCUT2D eigenvalue weighted by Gasteiger charge is 2.28. The second-order valence-electron chi connectivity index (χ2n) is 6.42. The highest BCUT2D eigenvalue weighted by molar-refractivity contribution is 7.89. The minimum Gasteiger partial charge on any atom is -0.508 e. The summed E-state index contributed by atoms with van der Waals surface area (Å²) in [5.74, 6) is 0.209. The minimum atomic E-state index is -3.53. The highest BCUT2D eigenvalue weighted by atomic mass is 35.5. The van der Waals surface area contributed by atoms with Crippen LogP contribution in [0.2, 0.25) is 0 Å². The summed E-state index contributed by atoms with van der Waals surface area (Å²) in [7, 11) is -3.53. The maximum atomic E-state index is 12.9. The van der Waals surface area contributed by atoms with Crippen LogP contribution in [-0.2, 0) is 10.0 Å². The second kappa shape index (κ2) is 8.22. The number of phenols is 1. The number of aromatic hydroxyl groups is 1. The molecule has 148 valence electrons. The Balaban J connectivity index is 0.00000225. The molecule has 7 nitrogen and oxygen atoms in total. The number of aromatic amines is 1. The fraction of sp³-hybridized carbons (Fsp3) is 0.211. The maximum Gasteiger partial charge on any atom is 0.243 e. The number of nitrogens with zero attached hydrogens (tertiary/aromatic N) is 3. The molecule has 1 aliphatic heterocycles. The molecule has 0 aliphatic carbocycles. The molecule has 2 N–H and O–H groups in total. The van der Waals surface area contributed by atoms with Crippen LogP contribution in [0, 0.1) is 0 Å². The van der Waals surface area contributed by atoms with E-state index in [2.05, 4.69) is 15.1 Å². The molecular formula is C19H21ClN4O3S. The second-order valence-corrected chi connectivity index (χ2v) is 8.36. The van der Waals surface area contributed by atoms with E-state index in [1.165, 1.54) is 4.31 Å². The number of nitrogens with one attached hydrogen (secondary N) is 1. The first-order chi connectivity index (χ1) is 13.0. The first-order valence-corrected chi connectivity index (χ1v) is 10.1. The lowest BCUT2D eigenvalue weighted by molar-refractivity contribution is 0.384. The van der Waals surface area contributed by atoms with E-state index in [1.807, 2.05) is 6.07 Å². The zero-order valence-electron chi connectivity index (χ0n) is 15.0. The van der Waals surface area contributed by atoms with Crippen LogP contribution in [0.15, 0.2) is 65.8 Å². The molecule has 0 spiro atoms. The molecule has 1 fully saturated rings. The average Bonchev–Trinajstić information content (AvgIpc) is 3.23. The zero-order chi connectivity index (χ0) is 18.9. The number of H-pyrrole nitrogens is 1. The van der Waals surface area contributed by atoms with Crippen molar-refractivity contribution in [2.24, 2.45) is 0 Å². The van der Waals surface area contributed by atoms with Crippen LogP contribution >= 0.6 is 12.4 Å². The molecule has 4 rings (SSSR count). The molecule has 1 aliphatic rings. The van der Waals surface area contributed by atoms with Gasteiger partial charge in [-0.2, -0.15) is 9.40 Å². The lowest BCUT2D eigenvalue weighted by atomic mass is 10.1. The van der Waals surface area contributed by atoms with Crippen LogP contribution in [-0.4, -0.2) is 54.2 Å². The van der Waals surface area contributed by atoms with Crippen LogP contribution in [0.1, 0.15) is 0 Å². The number of sulfonamides is 1. The number of benzene rings is 2. The molecule has 0 unspecified atom stereocenters. The SMILES string of the molecule is Cl.O=S(=O)(c1ccc(-c2cn[nH]c2)cc1)N1CCN(c2cccc(O)c2)CC1. The normalized spacial score (nSPS) is 15.2. The lowest BCUT2D eigenvalue weighted by Crippen LogP contribution is -2.48. The van der Waals surface area contributed by atoms with E-state index < -0.39 is 10.0 Å². The molecule has 0 radical (unpaired) electrons. The van der Waals surface area contributed by atoms with Crippen molar-refractivity contribution in [1.82, 2.24) is 14.5 Å². The van der Waals surface area contributed by atoms with Gasteiger partial charge < -0.3 is 10.0 Å². The van der Waals surface area contributed by atoms with Crippen LogP contribution in [0.5, 0.6) is 5.75 Å². The molecule has 28 heavy (non-hydrogen) atoms. The molecule has 3 aromatic rings. The summed E-state index contributed by atoms with van der Waals surface area (Å²) in [6.07, 6.45) is 3.47. The molecule has 0 atom stereocenters. The third-order valence-corrected chi connectivity index (χ3v) is 6.67.